The van der Waals surface area contributed by atoms with Crippen LogP contribution in [0.4, 0.5) is 17.1 Å². The molecule has 0 spiro atoms. The van der Waals surface area contributed by atoms with Crippen LogP contribution in [0.2, 0.25) is 0 Å². The lowest BCUT2D eigenvalue weighted by atomic mass is 9.61. The van der Waals surface area contributed by atoms with Crippen LogP contribution in [0.15, 0.2) is 186 Å². The summed E-state index contributed by atoms with van der Waals surface area (Å²) in [6, 6.07) is 63.8. The second kappa shape index (κ2) is 13.9. The van der Waals surface area contributed by atoms with E-state index in [-0.39, 0.29) is 27.3 Å². The molecule has 1 aliphatic carbocycles. The fraction of sp³-hybridized carbons (Fsp3) is 0.0189. The van der Waals surface area contributed by atoms with E-state index in [1.165, 1.54) is 11.1 Å². The molecule has 1 heterocycles. The maximum absolute atomic E-state index is 7.04. The molecule has 9 aromatic carbocycles. The zero-order valence-corrected chi connectivity index (χ0v) is 32.6. The normalized spacial score (nSPS) is 12.8. The van der Waals surface area contributed by atoms with E-state index in [0.29, 0.717) is 5.69 Å². The van der Waals surface area contributed by atoms with E-state index >= 15 is 0 Å². The summed E-state index contributed by atoms with van der Waals surface area (Å²) in [6.07, 6.45) is 0. The van der Waals surface area contributed by atoms with Crippen LogP contribution < -0.4 is 32.2 Å². The van der Waals surface area contributed by atoms with E-state index < -0.39 is 5.41 Å². The van der Waals surface area contributed by atoms with Crippen LogP contribution in [-0.2, 0) is 5.41 Å². The zero-order valence-electron chi connectivity index (χ0n) is 32.6. The predicted molar refractivity (Wildman–Crippen MR) is 256 cm³/mol. The Bertz CT molecular complexity index is 3270. The van der Waals surface area contributed by atoms with Crippen molar-refractivity contribution in [1.82, 2.24) is 0 Å². The van der Waals surface area contributed by atoms with Gasteiger partial charge in [0.1, 0.15) is 50.4 Å². The second-order valence-corrected chi connectivity index (χ2v) is 15.5. The molecule has 60 heavy (non-hydrogen) atoms. The molecule has 0 unspecified atom stereocenters. The molecule has 10 aromatic rings. The van der Waals surface area contributed by atoms with Crippen molar-refractivity contribution in [2.24, 2.45) is 0 Å². The SMILES string of the molecule is [B]c1c([B])c([B])c(N(c2ccc3c(c2)C(c2ccccc2)(c2ccccc2)c2ccccc2-3)c2ccccc2-c2cccc3oc4c5ccccc5ccc4c23)c([B])c1[B]. The summed E-state index contributed by atoms with van der Waals surface area (Å²) >= 11 is 0. The lowest BCUT2D eigenvalue weighted by molar-refractivity contribution is 0.673. The van der Waals surface area contributed by atoms with Gasteiger partial charge in [0, 0.05) is 33.1 Å². The summed E-state index contributed by atoms with van der Waals surface area (Å²) in [7, 11) is 33.9. The highest BCUT2D eigenvalue weighted by molar-refractivity contribution is 6.69. The van der Waals surface area contributed by atoms with Gasteiger partial charge in [0.2, 0.25) is 0 Å². The summed E-state index contributed by atoms with van der Waals surface area (Å²) in [4.78, 5) is 2.09. The molecule has 0 saturated carbocycles. The molecule has 7 heteroatoms. The number of fused-ring (bicyclic) bond motifs is 8. The summed E-state index contributed by atoms with van der Waals surface area (Å²) in [6.45, 7) is 0. The van der Waals surface area contributed by atoms with Crippen molar-refractivity contribution < 1.29 is 4.42 Å². The van der Waals surface area contributed by atoms with Crippen molar-refractivity contribution in [1.29, 1.82) is 0 Å². The molecule has 0 atom stereocenters. The predicted octanol–water partition coefficient (Wildman–Crippen LogP) is 8.21. The van der Waals surface area contributed by atoms with E-state index in [4.69, 9.17) is 43.6 Å². The maximum atomic E-state index is 7.04. The van der Waals surface area contributed by atoms with Crippen molar-refractivity contribution in [2.75, 3.05) is 4.90 Å². The smallest absolute Gasteiger partial charge is 0.143 e. The Balaban J connectivity index is 1.23. The summed E-state index contributed by atoms with van der Waals surface area (Å²) in [5.41, 5.74) is 12.8. The van der Waals surface area contributed by atoms with Crippen LogP contribution in [-0.4, -0.2) is 39.2 Å². The maximum Gasteiger partial charge on any atom is 0.143 e. The Labute approximate surface area is 355 Å². The van der Waals surface area contributed by atoms with Crippen LogP contribution in [0, 0.1) is 0 Å². The quantitative estimate of drug-likeness (QED) is 0.160. The van der Waals surface area contributed by atoms with Gasteiger partial charge in [-0.3, -0.25) is 0 Å². The molecular formula is C53H30B5NO. The van der Waals surface area contributed by atoms with Gasteiger partial charge in [-0.25, -0.2) is 0 Å². The third-order valence-electron chi connectivity index (χ3n) is 12.4. The average molecular weight is 751 g/mol. The van der Waals surface area contributed by atoms with Crippen LogP contribution >= 0.6 is 0 Å². The largest absolute Gasteiger partial charge is 0.455 e. The van der Waals surface area contributed by atoms with Crippen LogP contribution in [0.25, 0.3) is 55.0 Å². The number of furan rings is 1. The Morgan fingerprint density at radius 2 is 1.00 bits per heavy atom. The number of benzene rings is 9. The van der Waals surface area contributed by atoms with Crippen LogP contribution in [0.5, 0.6) is 0 Å². The van der Waals surface area contributed by atoms with Gasteiger partial charge in [-0.15, -0.1) is 16.4 Å². The van der Waals surface area contributed by atoms with Gasteiger partial charge in [-0.05, 0) is 74.7 Å². The Hall–Kier alpha value is -6.84. The van der Waals surface area contributed by atoms with Crippen molar-refractivity contribution >= 4 is 116 Å². The first-order valence-corrected chi connectivity index (χ1v) is 20.0. The first-order valence-electron chi connectivity index (χ1n) is 20.0. The van der Waals surface area contributed by atoms with Crippen molar-refractivity contribution in [3.63, 3.8) is 0 Å². The third-order valence-corrected chi connectivity index (χ3v) is 12.4. The highest BCUT2D eigenvalue weighted by Crippen LogP contribution is 2.57. The molecule has 0 N–H and O–H groups in total. The van der Waals surface area contributed by atoms with Crippen LogP contribution in [0.1, 0.15) is 22.3 Å². The standard InChI is InChI=1S/C53H30B5NO/c54-46-47(55)49(57)51(50(58)48(46)56)59(43-24-12-10-21-38(43)39-22-13-25-44-45(39)40-28-26-31-14-7-8-19-35(31)52(40)60-44)34-27-29-37-36-20-9-11-23-41(36)53(42(37)30-34,32-15-3-1-4-16-32)33-17-5-2-6-18-33/h1-30H. The minimum atomic E-state index is -0.657. The molecule has 2 nitrogen and oxygen atoms in total. The number of hydrogen-bond acceptors (Lipinski definition) is 2. The summed E-state index contributed by atoms with van der Waals surface area (Å²) in [5, 5.41) is 4.19. The van der Waals surface area contributed by atoms with E-state index in [2.05, 4.69) is 150 Å². The molecule has 1 aliphatic rings. The highest BCUT2D eigenvalue weighted by Gasteiger charge is 2.46. The summed E-state index contributed by atoms with van der Waals surface area (Å²) < 4.78 is 6.67. The van der Waals surface area contributed by atoms with E-state index in [1.54, 1.807) is 0 Å². The minimum absolute atomic E-state index is 0.153. The van der Waals surface area contributed by atoms with Crippen LogP contribution in [0.3, 0.4) is 0 Å². The highest BCUT2D eigenvalue weighted by atomic mass is 16.3. The topological polar surface area (TPSA) is 16.4 Å². The molecular weight excluding hydrogens is 721 g/mol. The molecule has 10 radical (unpaired) electrons. The first kappa shape index (κ1) is 36.3. The molecule has 11 rings (SSSR count). The Kier molecular flexibility index (Phi) is 8.39. The molecule has 0 amide bonds. The number of hydrogen-bond donors (Lipinski definition) is 0. The molecule has 0 bridgehead atoms. The van der Waals surface area contributed by atoms with E-state index in [1.807, 2.05) is 36.4 Å². The average Bonchev–Trinajstić information content (AvgIpc) is 3.84. The van der Waals surface area contributed by atoms with Gasteiger partial charge in [0.25, 0.3) is 0 Å². The van der Waals surface area contributed by atoms with Gasteiger partial charge < -0.3 is 9.32 Å². The zero-order chi connectivity index (χ0) is 40.7. The Morgan fingerprint density at radius 3 is 1.73 bits per heavy atom. The molecule has 1 aromatic heterocycles. The van der Waals surface area contributed by atoms with Gasteiger partial charge in [0.05, 0.1) is 11.1 Å². The van der Waals surface area contributed by atoms with Gasteiger partial charge >= 0.3 is 0 Å². The van der Waals surface area contributed by atoms with Crippen molar-refractivity contribution in [2.45, 2.75) is 5.41 Å². The van der Waals surface area contributed by atoms with Gasteiger partial charge in [-0.1, -0.05) is 163 Å². The third kappa shape index (κ3) is 5.15. The monoisotopic (exact) mass is 751 g/mol. The number of rotatable bonds is 6. The summed E-state index contributed by atoms with van der Waals surface area (Å²) in [5.74, 6) is 0. The van der Waals surface area contributed by atoms with E-state index in [0.717, 1.165) is 77.5 Å². The first-order chi connectivity index (χ1) is 29.4. The lowest BCUT2D eigenvalue weighted by Gasteiger charge is -2.36. The van der Waals surface area contributed by atoms with Crippen molar-refractivity contribution in [3.8, 4) is 22.3 Å². The minimum Gasteiger partial charge on any atom is -0.455 e. The number of anilines is 3. The Morgan fingerprint density at radius 1 is 0.417 bits per heavy atom. The molecule has 0 fully saturated rings. The second-order valence-electron chi connectivity index (χ2n) is 15.5. The lowest BCUT2D eigenvalue weighted by Crippen LogP contribution is -2.56. The number of nitrogens with zero attached hydrogens (tertiary/aromatic N) is 1. The fourth-order valence-electron chi connectivity index (χ4n) is 9.71. The fourth-order valence-corrected chi connectivity index (χ4v) is 9.71. The van der Waals surface area contributed by atoms with E-state index in [9.17, 15) is 0 Å². The van der Waals surface area contributed by atoms with Crippen molar-refractivity contribution in [3.05, 3.63) is 204 Å². The van der Waals surface area contributed by atoms with Gasteiger partial charge in [0.15, 0.2) is 0 Å². The molecule has 0 aliphatic heterocycles. The number of para-hydroxylation sites is 1. The molecule has 268 valence electrons. The molecule has 0 saturated heterocycles. The van der Waals surface area contributed by atoms with Gasteiger partial charge in [-0.2, -0.15) is 0 Å².